The van der Waals surface area contributed by atoms with Crippen molar-refractivity contribution in [1.82, 2.24) is 14.9 Å². The van der Waals surface area contributed by atoms with Crippen molar-refractivity contribution < 1.29 is 8.78 Å². The van der Waals surface area contributed by atoms with E-state index in [4.69, 9.17) is 0 Å². The second-order valence-corrected chi connectivity index (χ2v) is 9.31. The van der Waals surface area contributed by atoms with E-state index < -0.39 is 11.6 Å². The largest absolute Gasteiger partial charge is 0.350 e. The van der Waals surface area contributed by atoms with Gasteiger partial charge in [0, 0.05) is 22.7 Å². The number of piperidine rings is 1. The summed E-state index contributed by atoms with van der Waals surface area (Å²) in [5.74, 6) is -0.479. The summed E-state index contributed by atoms with van der Waals surface area (Å²) in [5.41, 5.74) is 2.86. The molecule has 0 aliphatic carbocycles. The van der Waals surface area contributed by atoms with E-state index in [-0.39, 0.29) is 11.4 Å². The fourth-order valence-electron chi connectivity index (χ4n) is 4.00. The molecule has 1 N–H and O–H groups in total. The van der Waals surface area contributed by atoms with Crippen molar-refractivity contribution in [2.75, 3.05) is 25.0 Å². The molecule has 5 rings (SSSR count). The Morgan fingerprint density at radius 1 is 1.16 bits per heavy atom. The average Bonchev–Trinajstić information content (AvgIpc) is 3.44. The van der Waals surface area contributed by atoms with Crippen molar-refractivity contribution in [1.29, 1.82) is 0 Å². The molecule has 0 saturated carbocycles. The molecular formula is C23H26F2N4S2. The maximum atomic E-state index is 14.7. The van der Waals surface area contributed by atoms with Crippen LogP contribution in [0.2, 0.25) is 0 Å². The molecule has 164 valence electrons. The van der Waals surface area contributed by atoms with Crippen LogP contribution in [0.25, 0.3) is 20.4 Å². The molecule has 0 spiro atoms. The van der Waals surface area contributed by atoms with E-state index in [2.05, 4.69) is 27.1 Å². The first kappa shape index (κ1) is 22.0. The minimum atomic E-state index is -0.488. The van der Waals surface area contributed by atoms with Crippen molar-refractivity contribution in [3.63, 3.8) is 0 Å². The van der Waals surface area contributed by atoms with Gasteiger partial charge < -0.3 is 10.2 Å². The van der Waals surface area contributed by atoms with Crippen LogP contribution in [0.15, 0.2) is 29.9 Å². The first-order chi connectivity index (χ1) is 15.1. The Hall–Kier alpha value is -2.16. The molecule has 1 aromatic carbocycles. The normalized spacial score (nSPS) is 17.0. The average molecular weight is 461 g/mol. The van der Waals surface area contributed by atoms with E-state index in [0.717, 1.165) is 35.6 Å². The molecule has 0 radical (unpaired) electrons. The number of halogens is 2. The SMILES string of the molecule is CC.CCN1CCCC(c2cc3c(Nc4cc5ncsc5cc4F)c(F)cnc3s2)C1. The number of nitrogens with one attached hydrogen (secondary N) is 1. The van der Waals surface area contributed by atoms with Crippen LogP contribution in [0.1, 0.15) is 44.4 Å². The highest BCUT2D eigenvalue weighted by Gasteiger charge is 2.24. The van der Waals surface area contributed by atoms with Crippen molar-refractivity contribution in [2.24, 2.45) is 0 Å². The molecule has 8 heteroatoms. The Morgan fingerprint density at radius 3 is 2.81 bits per heavy atom. The highest BCUT2D eigenvalue weighted by atomic mass is 32.1. The summed E-state index contributed by atoms with van der Waals surface area (Å²) in [5, 5.41) is 3.68. The van der Waals surface area contributed by atoms with Crippen LogP contribution in [0.3, 0.4) is 0 Å². The number of rotatable bonds is 4. The molecule has 1 atom stereocenters. The molecule has 1 fully saturated rings. The highest BCUT2D eigenvalue weighted by molar-refractivity contribution is 7.18. The zero-order valence-electron chi connectivity index (χ0n) is 17.9. The Bertz CT molecular complexity index is 1190. The van der Waals surface area contributed by atoms with E-state index in [0.29, 0.717) is 16.8 Å². The fourth-order valence-corrected chi connectivity index (χ4v) is 5.82. The molecule has 0 bridgehead atoms. The molecule has 4 nitrogen and oxygen atoms in total. The Balaban J connectivity index is 0.00000112. The van der Waals surface area contributed by atoms with E-state index >= 15 is 0 Å². The van der Waals surface area contributed by atoms with Gasteiger partial charge in [0.05, 0.1) is 33.3 Å². The van der Waals surface area contributed by atoms with Gasteiger partial charge in [-0.25, -0.2) is 18.7 Å². The van der Waals surface area contributed by atoms with E-state index in [9.17, 15) is 8.78 Å². The third-order valence-corrected chi connectivity index (χ3v) is 7.57. The molecule has 31 heavy (non-hydrogen) atoms. The lowest BCUT2D eigenvalue weighted by molar-refractivity contribution is 0.219. The van der Waals surface area contributed by atoms with Crippen LogP contribution in [0.5, 0.6) is 0 Å². The lowest BCUT2D eigenvalue weighted by atomic mass is 9.96. The lowest BCUT2D eigenvalue weighted by Gasteiger charge is -2.31. The third-order valence-electron chi connectivity index (χ3n) is 5.57. The van der Waals surface area contributed by atoms with Crippen LogP contribution < -0.4 is 5.32 Å². The minimum Gasteiger partial charge on any atom is -0.350 e. The smallest absolute Gasteiger partial charge is 0.165 e. The predicted octanol–water partition coefficient (Wildman–Crippen LogP) is 7.15. The first-order valence-electron chi connectivity index (χ1n) is 10.7. The Labute approximate surface area is 188 Å². The summed E-state index contributed by atoms with van der Waals surface area (Å²) in [7, 11) is 0. The number of anilines is 2. The fraction of sp³-hybridized carbons (Fsp3) is 0.391. The van der Waals surface area contributed by atoms with Crippen molar-refractivity contribution in [3.05, 3.63) is 46.4 Å². The van der Waals surface area contributed by atoms with Crippen molar-refractivity contribution >= 4 is 54.5 Å². The van der Waals surface area contributed by atoms with Crippen LogP contribution in [-0.2, 0) is 0 Å². The highest BCUT2D eigenvalue weighted by Crippen LogP contribution is 2.39. The van der Waals surface area contributed by atoms with Crippen LogP contribution in [0.4, 0.5) is 20.2 Å². The van der Waals surface area contributed by atoms with Gasteiger partial charge in [-0.05, 0) is 44.1 Å². The summed E-state index contributed by atoms with van der Waals surface area (Å²) < 4.78 is 30.0. The second-order valence-electron chi connectivity index (χ2n) is 7.36. The molecule has 1 unspecified atom stereocenters. The van der Waals surface area contributed by atoms with Crippen LogP contribution in [0, 0.1) is 11.6 Å². The topological polar surface area (TPSA) is 41.0 Å². The molecule has 1 aliphatic rings. The van der Waals surface area contributed by atoms with Gasteiger partial charge in [-0.15, -0.1) is 22.7 Å². The summed E-state index contributed by atoms with van der Waals surface area (Å²) in [6, 6.07) is 5.09. The zero-order valence-corrected chi connectivity index (χ0v) is 19.5. The molecule has 1 saturated heterocycles. The number of pyridine rings is 1. The van der Waals surface area contributed by atoms with Gasteiger partial charge in [-0.2, -0.15) is 0 Å². The van der Waals surface area contributed by atoms with Crippen molar-refractivity contribution in [3.8, 4) is 0 Å². The Kier molecular flexibility index (Phi) is 6.79. The van der Waals surface area contributed by atoms with Gasteiger partial charge in [0.25, 0.3) is 0 Å². The quantitative estimate of drug-likeness (QED) is 0.351. The number of hydrogen-bond acceptors (Lipinski definition) is 6. The minimum absolute atomic E-state index is 0.220. The number of aromatic nitrogens is 2. The number of thiazole rings is 1. The molecule has 3 aromatic heterocycles. The van der Waals surface area contributed by atoms with Crippen LogP contribution >= 0.6 is 22.7 Å². The zero-order chi connectivity index (χ0) is 22.0. The third kappa shape index (κ3) is 4.42. The van der Waals surface area contributed by atoms with Crippen molar-refractivity contribution in [2.45, 2.75) is 39.5 Å². The number of fused-ring (bicyclic) bond motifs is 2. The molecule has 0 amide bonds. The van der Waals surface area contributed by atoms with Gasteiger partial charge in [0.2, 0.25) is 0 Å². The maximum Gasteiger partial charge on any atom is 0.165 e. The summed E-state index contributed by atoms with van der Waals surface area (Å²) in [6.45, 7) is 9.37. The first-order valence-corrected chi connectivity index (χ1v) is 12.4. The van der Waals surface area contributed by atoms with Gasteiger partial charge in [-0.3, -0.25) is 0 Å². The van der Waals surface area contributed by atoms with Crippen LogP contribution in [-0.4, -0.2) is 34.5 Å². The number of likely N-dealkylation sites (tertiary alicyclic amines) is 1. The van der Waals surface area contributed by atoms with Gasteiger partial charge >= 0.3 is 0 Å². The summed E-state index contributed by atoms with van der Waals surface area (Å²) >= 11 is 2.99. The molecule has 4 heterocycles. The number of hydrogen-bond donors (Lipinski definition) is 1. The number of benzene rings is 1. The lowest BCUT2D eigenvalue weighted by Crippen LogP contribution is -2.33. The van der Waals surface area contributed by atoms with E-state index in [1.165, 1.54) is 34.9 Å². The second kappa shape index (κ2) is 9.54. The summed E-state index contributed by atoms with van der Waals surface area (Å²) in [4.78, 5) is 13.0. The van der Waals surface area contributed by atoms with E-state index in [1.807, 2.05) is 19.9 Å². The molecule has 4 aromatic rings. The summed E-state index contributed by atoms with van der Waals surface area (Å²) in [6.07, 6.45) is 3.51. The van der Waals surface area contributed by atoms with Gasteiger partial charge in [-0.1, -0.05) is 20.8 Å². The Morgan fingerprint density at radius 2 is 2.00 bits per heavy atom. The number of likely N-dealkylation sites (N-methyl/N-ethyl adjacent to an activating group) is 1. The molecular weight excluding hydrogens is 434 g/mol. The standard InChI is InChI=1S/C21H20F2N4S2.C2H6/c1-2-27-5-3-4-12(10-27)18-6-13-20(15(23)9-24-21(13)29-18)26-16-8-17-19(7-14(16)22)28-11-25-17;1-2/h6-9,11-12H,2-5,10H2,1H3,(H,24,26);1-2H3. The van der Waals surface area contributed by atoms with Gasteiger partial charge in [0.1, 0.15) is 10.6 Å². The monoisotopic (exact) mass is 460 g/mol. The predicted molar refractivity (Wildman–Crippen MR) is 128 cm³/mol. The number of thiophene rings is 1. The molecule has 1 aliphatic heterocycles. The van der Waals surface area contributed by atoms with E-state index in [1.54, 1.807) is 22.9 Å². The van der Waals surface area contributed by atoms with Gasteiger partial charge in [0.15, 0.2) is 5.82 Å². The maximum absolute atomic E-state index is 14.7. The number of nitrogens with zero attached hydrogens (tertiary/aromatic N) is 3.